The number of benzene rings is 1. The molecule has 0 aliphatic carbocycles. The Morgan fingerprint density at radius 1 is 1.50 bits per heavy atom. The number of aromatic nitrogens is 2. The molecule has 1 aromatic carbocycles. The predicted octanol–water partition coefficient (Wildman–Crippen LogP) is 3.33. The molecule has 5 nitrogen and oxygen atoms in total. The number of aromatic amines is 1. The molecule has 106 valence electrons. The number of H-pyrrole nitrogens is 1. The SMILES string of the molecule is Cc1cc(OC(F)F)ccc1NC(=O)c1[nH]ncc1Br. The van der Waals surface area contributed by atoms with Crippen molar-refractivity contribution in [3.8, 4) is 5.75 Å². The van der Waals surface area contributed by atoms with Gasteiger partial charge in [0.2, 0.25) is 0 Å². The van der Waals surface area contributed by atoms with Crippen LogP contribution < -0.4 is 10.1 Å². The normalized spacial score (nSPS) is 10.7. The van der Waals surface area contributed by atoms with Crippen LogP contribution in [0.4, 0.5) is 14.5 Å². The van der Waals surface area contributed by atoms with Crippen LogP contribution in [-0.2, 0) is 0 Å². The van der Waals surface area contributed by atoms with E-state index in [2.05, 4.69) is 36.2 Å². The van der Waals surface area contributed by atoms with E-state index < -0.39 is 6.61 Å². The van der Waals surface area contributed by atoms with E-state index in [0.717, 1.165) is 0 Å². The number of anilines is 1. The number of hydrogen-bond acceptors (Lipinski definition) is 3. The summed E-state index contributed by atoms with van der Waals surface area (Å²) in [7, 11) is 0. The lowest BCUT2D eigenvalue weighted by Gasteiger charge is -2.10. The fourth-order valence-corrected chi connectivity index (χ4v) is 1.94. The summed E-state index contributed by atoms with van der Waals surface area (Å²) in [5.41, 5.74) is 1.38. The second kappa shape index (κ2) is 6.00. The maximum Gasteiger partial charge on any atom is 0.387 e. The molecule has 1 amide bonds. The van der Waals surface area contributed by atoms with E-state index in [-0.39, 0.29) is 17.4 Å². The van der Waals surface area contributed by atoms with Crippen molar-refractivity contribution in [1.29, 1.82) is 0 Å². The van der Waals surface area contributed by atoms with Crippen LogP contribution in [-0.4, -0.2) is 22.7 Å². The number of halogens is 3. The van der Waals surface area contributed by atoms with Gasteiger partial charge in [-0.1, -0.05) is 0 Å². The Balaban J connectivity index is 2.14. The molecule has 2 rings (SSSR count). The van der Waals surface area contributed by atoms with Gasteiger partial charge in [-0.25, -0.2) is 0 Å². The third-order valence-corrected chi connectivity index (χ3v) is 3.09. The second-order valence-electron chi connectivity index (χ2n) is 3.90. The van der Waals surface area contributed by atoms with Crippen molar-refractivity contribution < 1.29 is 18.3 Å². The Morgan fingerprint density at radius 2 is 2.25 bits per heavy atom. The monoisotopic (exact) mass is 345 g/mol. The molecule has 0 unspecified atom stereocenters. The van der Waals surface area contributed by atoms with E-state index in [1.807, 2.05) is 0 Å². The van der Waals surface area contributed by atoms with Crippen LogP contribution in [0, 0.1) is 6.92 Å². The van der Waals surface area contributed by atoms with E-state index >= 15 is 0 Å². The Bertz CT molecular complexity index is 631. The predicted molar refractivity (Wildman–Crippen MR) is 72.1 cm³/mol. The number of carbonyl (C=O) groups is 1. The summed E-state index contributed by atoms with van der Waals surface area (Å²) in [6.07, 6.45) is 1.46. The number of rotatable bonds is 4. The minimum atomic E-state index is -2.88. The molecular formula is C12H10BrF2N3O2. The highest BCUT2D eigenvalue weighted by Gasteiger charge is 2.14. The largest absolute Gasteiger partial charge is 0.435 e. The highest BCUT2D eigenvalue weighted by Crippen LogP contribution is 2.23. The molecular weight excluding hydrogens is 336 g/mol. The first kappa shape index (κ1) is 14.4. The average molecular weight is 346 g/mol. The van der Waals surface area contributed by atoms with Gasteiger partial charge in [-0.2, -0.15) is 13.9 Å². The van der Waals surface area contributed by atoms with E-state index in [1.54, 1.807) is 6.92 Å². The standard InChI is InChI=1S/C12H10BrF2N3O2/c1-6-4-7(20-12(14)15)2-3-9(6)17-11(19)10-8(13)5-16-18-10/h2-5,12H,1H3,(H,16,18)(H,17,19). The fraction of sp³-hybridized carbons (Fsp3) is 0.167. The molecule has 0 spiro atoms. The van der Waals surface area contributed by atoms with Gasteiger partial charge < -0.3 is 10.1 Å². The summed E-state index contributed by atoms with van der Waals surface area (Å²) >= 11 is 3.18. The molecule has 0 aliphatic heterocycles. The molecule has 20 heavy (non-hydrogen) atoms. The molecule has 0 fully saturated rings. The molecule has 2 aromatic rings. The number of hydrogen-bond donors (Lipinski definition) is 2. The fourth-order valence-electron chi connectivity index (χ4n) is 1.57. The quantitative estimate of drug-likeness (QED) is 0.892. The summed E-state index contributed by atoms with van der Waals surface area (Å²) in [6, 6.07) is 4.27. The van der Waals surface area contributed by atoms with E-state index in [0.29, 0.717) is 15.7 Å². The maximum atomic E-state index is 12.1. The highest BCUT2D eigenvalue weighted by atomic mass is 79.9. The molecule has 0 saturated carbocycles. The van der Waals surface area contributed by atoms with Crippen molar-refractivity contribution in [2.24, 2.45) is 0 Å². The lowest BCUT2D eigenvalue weighted by Crippen LogP contribution is -2.14. The van der Waals surface area contributed by atoms with Crippen molar-refractivity contribution in [1.82, 2.24) is 10.2 Å². The molecule has 0 atom stereocenters. The zero-order valence-corrected chi connectivity index (χ0v) is 11.9. The number of alkyl halides is 2. The Labute approximate surface area is 121 Å². The zero-order valence-electron chi connectivity index (χ0n) is 10.3. The summed E-state index contributed by atoms with van der Waals surface area (Å²) < 4.78 is 29.0. The lowest BCUT2D eigenvalue weighted by atomic mass is 10.2. The van der Waals surface area contributed by atoms with Gasteiger partial charge in [-0.3, -0.25) is 9.89 Å². The molecule has 0 bridgehead atoms. The topological polar surface area (TPSA) is 67.0 Å². The first-order valence-electron chi connectivity index (χ1n) is 5.53. The van der Waals surface area contributed by atoms with Gasteiger partial charge in [0.1, 0.15) is 11.4 Å². The summed E-state index contributed by atoms with van der Waals surface area (Å²) in [5.74, 6) is -0.349. The lowest BCUT2D eigenvalue weighted by molar-refractivity contribution is -0.0498. The van der Waals surface area contributed by atoms with Gasteiger partial charge in [0.05, 0.1) is 10.7 Å². The number of nitrogens with zero attached hydrogens (tertiary/aromatic N) is 1. The number of carbonyl (C=O) groups excluding carboxylic acids is 1. The van der Waals surface area contributed by atoms with E-state index in [9.17, 15) is 13.6 Å². The molecule has 2 N–H and O–H groups in total. The van der Waals surface area contributed by atoms with Gasteiger partial charge >= 0.3 is 6.61 Å². The molecule has 0 aliphatic rings. The minimum absolute atomic E-state index is 0.0400. The van der Waals surface area contributed by atoms with Gasteiger partial charge in [0.25, 0.3) is 5.91 Å². The van der Waals surface area contributed by atoms with E-state index in [1.165, 1.54) is 24.4 Å². The van der Waals surface area contributed by atoms with Crippen molar-refractivity contribution in [2.45, 2.75) is 13.5 Å². The average Bonchev–Trinajstić information content (AvgIpc) is 2.78. The van der Waals surface area contributed by atoms with Gasteiger partial charge in [-0.15, -0.1) is 0 Å². The number of aryl methyl sites for hydroxylation is 1. The Morgan fingerprint density at radius 3 is 2.80 bits per heavy atom. The molecule has 0 radical (unpaired) electrons. The van der Waals surface area contributed by atoms with Crippen LogP contribution in [0.15, 0.2) is 28.9 Å². The van der Waals surface area contributed by atoms with Gasteiger partial charge in [-0.05, 0) is 46.6 Å². The van der Waals surface area contributed by atoms with Crippen molar-refractivity contribution >= 4 is 27.5 Å². The second-order valence-corrected chi connectivity index (χ2v) is 4.76. The van der Waals surface area contributed by atoms with Crippen molar-refractivity contribution in [3.63, 3.8) is 0 Å². The first-order valence-corrected chi connectivity index (χ1v) is 6.32. The highest BCUT2D eigenvalue weighted by molar-refractivity contribution is 9.10. The summed E-state index contributed by atoms with van der Waals surface area (Å²) in [4.78, 5) is 11.9. The third kappa shape index (κ3) is 3.32. The molecule has 1 heterocycles. The number of nitrogens with one attached hydrogen (secondary N) is 2. The van der Waals surface area contributed by atoms with Crippen LogP contribution in [0.1, 0.15) is 16.1 Å². The smallest absolute Gasteiger partial charge is 0.387 e. The Hall–Kier alpha value is -1.96. The van der Waals surface area contributed by atoms with Crippen LogP contribution >= 0.6 is 15.9 Å². The summed E-state index contributed by atoms with van der Waals surface area (Å²) in [6.45, 7) is -1.20. The van der Waals surface area contributed by atoms with Crippen molar-refractivity contribution in [2.75, 3.05) is 5.32 Å². The molecule has 0 saturated heterocycles. The number of ether oxygens (including phenoxy) is 1. The number of amides is 1. The Kier molecular flexibility index (Phi) is 4.33. The van der Waals surface area contributed by atoms with Crippen LogP contribution in [0.25, 0.3) is 0 Å². The first-order chi connectivity index (χ1) is 9.47. The van der Waals surface area contributed by atoms with Crippen LogP contribution in [0.3, 0.4) is 0 Å². The zero-order chi connectivity index (χ0) is 14.7. The van der Waals surface area contributed by atoms with Gasteiger partial charge in [0.15, 0.2) is 0 Å². The molecule has 1 aromatic heterocycles. The third-order valence-electron chi connectivity index (χ3n) is 2.49. The molecule has 8 heteroatoms. The van der Waals surface area contributed by atoms with Gasteiger partial charge in [0, 0.05) is 5.69 Å². The van der Waals surface area contributed by atoms with E-state index in [4.69, 9.17) is 0 Å². The van der Waals surface area contributed by atoms with Crippen molar-refractivity contribution in [3.05, 3.63) is 40.1 Å². The summed E-state index contributed by atoms with van der Waals surface area (Å²) in [5, 5.41) is 8.92. The van der Waals surface area contributed by atoms with Crippen LogP contribution in [0.5, 0.6) is 5.75 Å². The van der Waals surface area contributed by atoms with Crippen LogP contribution in [0.2, 0.25) is 0 Å². The minimum Gasteiger partial charge on any atom is -0.435 e. The maximum absolute atomic E-state index is 12.1.